The molecule has 7 heteroatoms. The number of fused-ring (bicyclic) bond motifs is 1. The van der Waals surface area contributed by atoms with Gasteiger partial charge in [-0.15, -0.1) is 6.58 Å². The Morgan fingerprint density at radius 1 is 1.17 bits per heavy atom. The van der Waals surface area contributed by atoms with Crippen LogP contribution in [0.3, 0.4) is 0 Å². The topological polar surface area (TPSA) is 83.2 Å². The van der Waals surface area contributed by atoms with E-state index in [4.69, 9.17) is 4.74 Å². The van der Waals surface area contributed by atoms with Crippen LogP contribution >= 0.6 is 0 Å². The quantitative estimate of drug-likeness (QED) is 0.341. The number of carbonyl (C=O) groups excluding carboxylic acids is 2. The summed E-state index contributed by atoms with van der Waals surface area (Å²) >= 11 is 0. The van der Waals surface area contributed by atoms with E-state index in [2.05, 4.69) is 11.6 Å². The number of carbonyl (C=O) groups is 2. The number of benzene rings is 1. The van der Waals surface area contributed by atoms with Crippen molar-refractivity contribution in [3.8, 4) is 0 Å². The van der Waals surface area contributed by atoms with Gasteiger partial charge in [-0.25, -0.2) is 9.78 Å². The number of hydrogen-bond donors (Lipinski definition) is 0. The van der Waals surface area contributed by atoms with Crippen LogP contribution in [0.1, 0.15) is 44.7 Å². The minimum atomic E-state index is -0.612. The van der Waals surface area contributed by atoms with Gasteiger partial charge in [-0.1, -0.05) is 6.08 Å². The first kappa shape index (κ1) is 21.2. The van der Waals surface area contributed by atoms with Gasteiger partial charge in [0.25, 0.3) is 5.56 Å². The molecular formula is C23H25N3O4. The maximum absolute atomic E-state index is 12.6. The van der Waals surface area contributed by atoms with E-state index in [1.54, 1.807) is 41.8 Å². The van der Waals surface area contributed by atoms with Crippen LogP contribution in [0.15, 0.2) is 41.7 Å². The molecule has 0 radical (unpaired) electrons. The molecule has 0 aliphatic heterocycles. The lowest BCUT2D eigenvalue weighted by molar-refractivity contribution is 0.0474. The third-order valence-corrected chi connectivity index (χ3v) is 5.18. The van der Waals surface area contributed by atoms with Gasteiger partial charge in [0.15, 0.2) is 6.61 Å². The van der Waals surface area contributed by atoms with Crippen molar-refractivity contribution in [1.29, 1.82) is 0 Å². The number of nitrogens with zero attached hydrogens (tertiary/aromatic N) is 3. The van der Waals surface area contributed by atoms with Crippen molar-refractivity contribution in [2.75, 3.05) is 6.61 Å². The monoisotopic (exact) mass is 407 g/mol. The second-order valence-corrected chi connectivity index (χ2v) is 7.13. The van der Waals surface area contributed by atoms with Crippen molar-refractivity contribution >= 4 is 22.8 Å². The number of ether oxygens (including phenoxy) is 1. The number of esters is 1. The molecule has 3 rings (SSSR count). The molecule has 30 heavy (non-hydrogen) atoms. The van der Waals surface area contributed by atoms with E-state index in [-0.39, 0.29) is 23.5 Å². The van der Waals surface area contributed by atoms with Crippen molar-refractivity contribution in [1.82, 2.24) is 14.1 Å². The molecule has 3 aromatic rings. The molecule has 0 fully saturated rings. The zero-order valence-corrected chi connectivity index (χ0v) is 17.7. The minimum Gasteiger partial charge on any atom is -0.454 e. The number of hydrogen-bond acceptors (Lipinski definition) is 5. The summed E-state index contributed by atoms with van der Waals surface area (Å²) in [6, 6.07) is 6.63. The van der Waals surface area contributed by atoms with Crippen molar-refractivity contribution in [3.05, 3.63) is 75.5 Å². The standard InChI is InChI=1S/C23H25N3O4/c1-6-10-26-14(3)11-18(16(26)5)21(27)13-30-23(29)17-8-9-20-19(12-17)24-15(4)22(28)25(20)7-2/h6,8-9,11-12H,1,7,10,13H2,2-5H3. The molecule has 0 saturated heterocycles. The van der Waals surface area contributed by atoms with Crippen LogP contribution in [0.5, 0.6) is 0 Å². The van der Waals surface area contributed by atoms with Crippen molar-refractivity contribution < 1.29 is 14.3 Å². The Morgan fingerprint density at radius 3 is 2.57 bits per heavy atom. The average Bonchev–Trinajstić information content (AvgIpc) is 3.01. The molecule has 1 aromatic carbocycles. The molecule has 0 atom stereocenters. The Hall–Kier alpha value is -3.48. The highest BCUT2D eigenvalue weighted by atomic mass is 16.5. The normalized spacial score (nSPS) is 10.9. The van der Waals surface area contributed by atoms with Crippen LogP contribution in [0, 0.1) is 20.8 Å². The highest BCUT2D eigenvalue weighted by molar-refractivity contribution is 6.01. The van der Waals surface area contributed by atoms with E-state index >= 15 is 0 Å². The lowest BCUT2D eigenvalue weighted by Crippen LogP contribution is -2.23. The fourth-order valence-corrected chi connectivity index (χ4v) is 3.60. The number of allylic oxidation sites excluding steroid dienone is 1. The summed E-state index contributed by atoms with van der Waals surface area (Å²) in [6.07, 6.45) is 1.77. The fraction of sp³-hybridized carbons (Fsp3) is 0.304. The summed E-state index contributed by atoms with van der Waals surface area (Å²) in [5.74, 6) is -0.875. The zero-order valence-electron chi connectivity index (χ0n) is 17.7. The third kappa shape index (κ3) is 3.83. The highest BCUT2D eigenvalue weighted by Crippen LogP contribution is 2.17. The molecule has 156 valence electrons. The van der Waals surface area contributed by atoms with Gasteiger partial charge in [-0.05, 0) is 52.0 Å². The van der Waals surface area contributed by atoms with Crippen molar-refractivity contribution in [3.63, 3.8) is 0 Å². The Morgan fingerprint density at radius 2 is 1.90 bits per heavy atom. The van der Waals surface area contributed by atoms with Crippen molar-refractivity contribution in [2.45, 2.75) is 40.8 Å². The Labute approximate surface area is 174 Å². The van der Waals surface area contributed by atoms with Crippen LogP contribution in [0.2, 0.25) is 0 Å². The summed E-state index contributed by atoms with van der Waals surface area (Å²) in [6.45, 7) is 11.8. The molecule has 0 spiro atoms. The van der Waals surface area contributed by atoms with Gasteiger partial charge in [-0.3, -0.25) is 9.59 Å². The third-order valence-electron chi connectivity index (χ3n) is 5.18. The summed E-state index contributed by atoms with van der Waals surface area (Å²) in [5.41, 5.74) is 3.96. The summed E-state index contributed by atoms with van der Waals surface area (Å²) < 4.78 is 8.84. The van der Waals surface area contributed by atoms with E-state index in [9.17, 15) is 14.4 Å². The largest absolute Gasteiger partial charge is 0.454 e. The van der Waals surface area contributed by atoms with Gasteiger partial charge in [0, 0.05) is 30.0 Å². The van der Waals surface area contributed by atoms with Gasteiger partial charge in [0.1, 0.15) is 5.69 Å². The van der Waals surface area contributed by atoms with Gasteiger partial charge >= 0.3 is 5.97 Å². The molecule has 0 N–H and O–H groups in total. The van der Waals surface area contributed by atoms with Crippen LogP contribution in [0.4, 0.5) is 0 Å². The predicted octanol–water partition coefficient (Wildman–Crippen LogP) is 3.37. The average molecular weight is 407 g/mol. The summed E-state index contributed by atoms with van der Waals surface area (Å²) in [7, 11) is 0. The lowest BCUT2D eigenvalue weighted by atomic mass is 10.1. The second kappa shape index (κ2) is 8.49. The fourth-order valence-electron chi connectivity index (χ4n) is 3.60. The summed E-state index contributed by atoms with van der Waals surface area (Å²) in [4.78, 5) is 41.6. The second-order valence-electron chi connectivity index (χ2n) is 7.13. The number of aromatic nitrogens is 3. The molecule has 7 nitrogen and oxygen atoms in total. The Bertz CT molecular complexity index is 1220. The molecule has 2 aromatic heterocycles. The SMILES string of the molecule is C=CCn1c(C)cc(C(=O)COC(=O)c2ccc3c(c2)nc(C)c(=O)n3CC)c1C. The highest BCUT2D eigenvalue weighted by Gasteiger charge is 2.18. The van der Waals surface area contributed by atoms with Crippen LogP contribution in [-0.2, 0) is 17.8 Å². The molecule has 2 heterocycles. The van der Waals surface area contributed by atoms with Crippen LogP contribution < -0.4 is 5.56 Å². The maximum atomic E-state index is 12.6. The Balaban J connectivity index is 1.80. The van der Waals surface area contributed by atoms with Gasteiger partial charge < -0.3 is 13.9 Å². The number of ketones is 1. The molecular weight excluding hydrogens is 382 g/mol. The molecule has 0 unspecified atom stereocenters. The number of rotatable bonds is 7. The van der Waals surface area contributed by atoms with E-state index in [0.29, 0.717) is 35.4 Å². The van der Waals surface area contributed by atoms with Gasteiger partial charge in [0.2, 0.25) is 5.78 Å². The predicted molar refractivity (Wildman–Crippen MR) is 115 cm³/mol. The van der Waals surface area contributed by atoms with Crippen LogP contribution in [0.25, 0.3) is 11.0 Å². The Kier molecular flexibility index (Phi) is 6.01. The van der Waals surface area contributed by atoms with Gasteiger partial charge in [-0.2, -0.15) is 0 Å². The first-order valence-corrected chi connectivity index (χ1v) is 9.77. The smallest absolute Gasteiger partial charge is 0.338 e. The zero-order chi connectivity index (χ0) is 22.0. The van der Waals surface area contributed by atoms with Crippen molar-refractivity contribution in [2.24, 2.45) is 0 Å². The number of Topliss-reactive ketones (excluding diaryl/α,β-unsaturated/α-hetero) is 1. The summed E-state index contributed by atoms with van der Waals surface area (Å²) in [5, 5.41) is 0. The molecule has 0 aliphatic carbocycles. The van der Waals surface area contributed by atoms with E-state index in [1.807, 2.05) is 25.3 Å². The molecule has 0 aliphatic rings. The lowest BCUT2D eigenvalue weighted by Gasteiger charge is -2.10. The molecule has 0 saturated carbocycles. The number of aryl methyl sites for hydroxylation is 3. The van der Waals surface area contributed by atoms with E-state index in [1.165, 1.54) is 0 Å². The molecule has 0 bridgehead atoms. The maximum Gasteiger partial charge on any atom is 0.338 e. The molecule has 0 amide bonds. The van der Waals surface area contributed by atoms with Crippen LogP contribution in [-0.4, -0.2) is 32.5 Å². The van der Waals surface area contributed by atoms with E-state index < -0.39 is 5.97 Å². The van der Waals surface area contributed by atoms with Gasteiger partial charge in [0.05, 0.1) is 16.6 Å². The first-order valence-electron chi connectivity index (χ1n) is 9.77. The van der Waals surface area contributed by atoms with E-state index in [0.717, 1.165) is 11.4 Å². The minimum absolute atomic E-state index is 0.153. The first-order chi connectivity index (χ1) is 14.3.